The van der Waals surface area contributed by atoms with Gasteiger partial charge in [-0.25, -0.2) is 8.42 Å². The Morgan fingerprint density at radius 1 is 1.10 bits per heavy atom. The van der Waals surface area contributed by atoms with Gasteiger partial charge in [-0.3, -0.25) is 9.10 Å². The average molecular weight is 496 g/mol. The molecule has 0 radical (unpaired) electrons. The van der Waals surface area contributed by atoms with Crippen LogP contribution in [0, 0.1) is 0 Å². The number of carbonyl (C=O) groups is 1. The first kappa shape index (κ1) is 24.2. The number of anilines is 1. The highest BCUT2D eigenvalue weighted by Gasteiger charge is 2.28. The van der Waals surface area contributed by atoms with Crippen molar-refractivity contribution in [1.29, 1.82) is 0 Å². The molecule has 0 heterocycles. The van der Waals surface area contributed by atoms with Crippen LogP contribution in [0.15, 0.2) is 42.5 Å². The standard InChI is InChI=1S/C19H21Cl3N2O3S2/c1-13(24(29(2,26)27)15-8-6-14(20)7-9-15)19(25)23-10-11-28-12-16-17(21)4-3-5-18(16)22/h3-9,13H,10-12H2,1-2H3,(H,23,25)/t13-/m1/s1. The minimum atomic E-state index is -3.66. The number of rotatable bonds is 9. The largest absolute Gasteiger partial charge is 0.353 e. The highest BCUT2D eigenvalue weighted by molar-refractivity contribution is 7.98. The molecule has 0 aromatic heterocycles. The third kappa shape index (κ3) is 6.96. The molecule has 0 fully saturated rings. The number of hydrogen-bond donors (Lipinski definition) is 1. The minimum absolute atomic E-state index is 0.377. The van der Waals surface area contributed by atoms with Crippen LogP contribution < -0.4 is 9.62 Å². The Morgan fingerprint density at radius 2 is 1.69 bits per heavy atom. The Morgan fingerprint density at radius 3 is 2.24 bits per heavy atom. The number of benzene rings is 2. The summed E-state index contributed by atoms with van der Waals surface area (Å²) < 4.78 is 25.6. The summed E-state index contributed by atoms with van der Waals surface area (Å²) >= 11 is 19.7. The fraction of sp³-hybridized carbons (Fsp3) is 0.316. The van der Waals surface area contributed by atoms with Crippen molar-refractivity contribution >= 4 is 68.2 Å². The molecule has 10 heteroatoms. The molecular weight excluding hydrogens is 475 g/mol. The van der Waals surface area contributed by atoms with E-state index >= 15 is 0 Å². The first-order valence-electron chi connectivity index (χ1n) is 8.64. The summed E-state index contributed by atoms with van der Waals surface area (Å²) in [5, 5.41) is 4.47. The number of halogens is 3. The van der Waals surface area contributed by atoms with Crippen molar-refractivity contribution in [3.05, 3.63) is 63.1 Å². The molecule has 0 aliphatic carbocycles. The lowest BCUT2D eigenvalue weighted by Gasteiger charge is -2.28. The zero-order chi connectivity index (χ0) is 21.6. The molecule has 0 saturated heterocycles. The summed E-state index contributed by atoms with van der Waals surface area (Å²) in [5.74, 6) is 0.853. The lowest BCUT2D eigenvalue weighted by atomic mass is 10.2. The van der Waals surface area contributed by atoms with E-state index in [0.29, 0.717) is 38.8 Å². The van der Waals surface area contributed by atoms with E-state index in [-0.39, 0.29) is 5.91 Å². The maximum absolute atomic E-state index is 12.5. The summed E-state index contributed by atoms with van der Waals surface area (Å²) in [5.41, 5.74) is 1.23. The smallest absolute Gasteiger partial charge is 0.243 e. The molecule has 2 rings (SSSR count). The van der Waals surface area contributed by atoms with Crippen LogP contribution in [0.3, 0.4) is 0 Å². The maximum atomic E-state index is 12.5. The van der Waals surface area contributed by atoms with Crippen molar-refractivity contribution in [1.82, 2.24) is 5.32 Å². The first-order valence-corrected chi connectivity index (χ1v) is 12.8. The molecule has 1 atom stereocenters. The summed E-state index contributed by atoms with van der Waals surface area (Å²) in [6.45, 7) is 1.93. The van der Waals surface area contributed by atoms with Gasteiger partial charge >= 0.3 is 0 Å². The number of nitrogens with one attached hydrogen (secondary N) is 1. The number of nitrogens with zero attached hydrogens (tertiary/aromatic N) is 1. The van der Waals surface area contributed by atoms with E-state index in [4.69, 9.17) is 34.8 Å². The van der Waals surface area contributed by atoms with Crippen LogP contribution in [0.1, 0.15) is 12.5 Å². The van der Waals surface area contributed by atoms with Gasteiger partial charge in [-0.15, -0.1) is 0 Å². The van der Waals surface area contributed by atoms with E-state index in [1.807, 2.05) is 0 Å². The Bertz CT molecular complexity index is 933. The summed E-state index contributed by atoms with van der Waals surface area (Å²) in [7, 11) is -3.66. The van der Waals surface area contributed by atoms with Gasteiger partial charge in [0.25, 0.3) is 0 Å². The van der Waals surface area contributed by atoms with Gasteiger partial charge in [0.15, 0.2) is 0 Å². The van der Waals surface area contributed by atoms with Crippen LogP contribution in [0.25, 0.3) is 0 Å². The van der Waals surface area contributed by atoms with Gasteiger partial charge in [0, 0.05) is 33.1 Å². The second kappa shape index (κ2) is 10.8. The molecule has 0 unspecified atom stereocenters. The van der Waals surface area contributed by atoms with Gasteiger partial charge in [-0.1, -0.05) is 40.9 Å². The fourth-order valence-electron chi connectivity index (χ4n) is 2.64. The minimum Gasteiger partial charge on any atom is -0.353 e. The molecule has 29 heavy (non-hydrogen) atoms. The van der Waals surface area contributed by atoms with E-state index in [9.17, 15) is 13.2 Å². The van der Waals surface area contributed by atoms with Crippen LogP contribution in [0.2, 0.25) is 15.1 Å². The SMILES string of the molecule is C[C@H](C(=O)NCCSCc1c(Cl)cccc1Cl)N(c1ccc(Cl)cc1)S(C)(=O)=O. The van der Waals surface area contributed by atoms with Crippen LogP contribution in [-0.4, -0.2) is 38.9 Å². The molecule has 0 aliphatic heterocycles. The summed E-state index contributed by atoms with van der Waals surface area (Å²) in [4.78, 5) is 12.5. The number of carbonyl (C=O) groups excluding carboxylic acids is 1. The number of hydrogen-bond acceptors (Lipinski definition) is 4. The molecule has 1 N–H and O–H groups in total. The summed E-state index contributed by atoms with van der Waals surface area (Å²) in [6, 6.07) is 10.7. The summed E-state index contributed by atoms with van der Waals surface area (Å²) in [6.07, 6.45) is 1.06. The van der Waals surface area contributed by atoms with Gasteiger partial charge in [0.2, 0.25) is 15.9 Å². The van der Waals surface area contributed by atoms with Crippen LogP contribution in [0.4, 0.5) is 5.69 Å². The van der Waals surface area contributed by atoms with Crippen molar-refractivity contribution < 1.29 is 13.2 Å². The van der Waals surface area contributed by atoms with Crippen LogP contribution in [0.5, 0.6) is 0 Å². The van der Waals surface area contributed by atoms with Crippen molar-refractivity contribution in [3.8, 4) is 0 Å². The molecule has 1 amide bonds. The Hall–Kier alpha value is -1.12. The van der Waals surface area contributed by atoms with E-state index in [1.165, 1.54) is 0 Å². The highest BCUT2D eigenvalue weighted by atomic mass is 35.5. The number of thioether (sulfide) groups is 1. The normalized spacial score (nSPS) is 12.4. The van der Waals surface area contributed by atoms with Crippen molar-refractivity contribution in [2.75, 3.05) is 22.9 Å². The van der Waals surface area contributed by atoms with E-state index in [0.717, 1.165) is 16.1 Å². The molecule has 0 bridgehead atoms. The zero-order valence-corrected chi connectivity index (χ0v) is 19.8. The third-order valence-corrected chi connectivity index (χ3v) is 7.21. The van der Waals surface area contributed by atoms with Gasteiger partial charge in [-0.2, -0.15) is 11.8 Å². The molecule has 0 spiro atoms. The lowest BCUT2D eigenvalue weighted by molar-refractivity contribution is -0.121. The Labute approximate surface area is 190 Å². The Balaban J connectivity index is 1.92. The third-order valence-electron chi connectivity index (χ3n) is 4.02. The Kier molecular flexibility index (Phi) is 8.97. The molecule has 0 saturated carbocycles. The number of sulfonamides is 1. The van der Waals surface area contributed by atoms with Gasteiger partial charge < -0.3 is 5.32 Å². The maximum Gasteiger partial charge on any atom is 0.243 e. The first-order chi connectivity index (χ1) is 13.6. The van der Waals surface area contributed by atoms with Gasteiger partial charge in [0.1, 0.15) is 6.04 Å². The molecular formula is C19H21Cl3N2O3S2. The second-order valence-corrected chi connectivity index (χ2v) is 10.5. The van der Waals surface area contributed by atoms with E-state index in [2.05, 4.69) is 5.32 Å². The van der Waals surface area contributed by atoms with Crippen LogP contribution in [-0.2, 0) is 20.6 Å². The number of amides is 1. The zero-order valence-electron chi connectivity index (χ0n) is 15.9. The van der Waals surface area contributed by atoms with Crippen molar-refractivity contribution in [3.63, 3.8) is 0 Å². The lowest BCUT2D eigenvalue weighted by Crippen LogP contribution is -2.48. The van der Waals surface area contributed by atoms with Crippen molar-refractivity contribution in [2.24, 2.45) is 0 Å². The average Bonchev–Trinajstić information content (AvgIpc) is 2.64. The quantitative estimate of drug-likeness (QED) is 0.505. The fourth-order valence-corrected chi connectivity index (χ4v) is 5.53. The highest BCUT2D eigenvalue weighted by Crippen LogP contribution is 2.28. The molecule has 158 valence electrons. The molecule has 0 aliphatic rings. The predicted octanol–water partition coefficient (Wildman–Crippen LogP) is 4.85. The predicted molar refractivity (Wildman–Crippen MR) is 124 cm³/mol. The van der Waals surface area contributed by atoms with Crippen LogP contribution >= 0.6 is 46.6 Å². The van der Waals surface area contributed by atoms with Crippen molar-refractivity contribution in [2.45, 2.75) is 18.7 Å². The monoisotopic (exact) mass is 494 g/mol. The van der Waals surface area contributed by atoms with Gasteiger partial charge in [-0.05, 0) is 48.9 Å². The van der Waals surface area contributed by atoms with E-state index in [1.54, 1.807) is 61.2 Å². The van der Waals surface area contributed by atoms with Gasteiger partial charge in [0.05, 0.1) is 11.9 Å². The molecule has 5 nitrogen and oxygen atoms in total. The topological polar surface area (TPSA) is 66.5 Å². The molecule has 2 aromatic carbocycles. The second-order valence-electron chi connectivity index (χ2n) is 6.26. The molecule has 2 aromatic rings. The van der Waals surface area contributed by atoms with E-state index < -0.39 is 16.1 Å².